The Labute approximate surface area is 74.3 Å². The lowest BCUT2D eigenvalue weighted by molar-refractivity contribution is -0.132. The average molecular weight is 170 g/mol. The first-order valence-electron chi connectivity index (χ1n) is 4.60. The highest BCUT2D eigenvalue weighted by molar-refractivity contribution is 6.25. The van der Waals surface area contributed by atoms with E-state index in [9.17, 15) is 9.59 Å². The van der Waals surface area contributed by atoms with Crippen molar-refractivity contribution in [2.75, 3.05) is 0 Å². The van der Waals surface area contributed by atoms with Gasteiger partial charge in [-0.05, 0) is 12.3 Å². The third-order valence-electron chi connectivity index (χ3n) is 2.39. The van der Waals surface area contributed by atoms with E-state index in [1.54, 1.807) is 0 Å². The summed E-state index contributed by atoms with van der Waals surface area (Å²) in [6.07, 6.45) is 3.45. The van der Waals surface area contributed by atoms with Crippen LogP contribution in [0.1, 0.15) is 40.0 Å². The quantitative estimate of drug-likeness (QED) is 0.452. The lowest BCUT2D eigenvalue weighted by Gasteiger charge is -2.10. The first-order chi connectivity index (χ1) is 5.61. The number of carbonyl (C=O) groups excluding carboxylic acids is 2. The van der Waals surface area contributed by atoms with E-state index < -0.39 is 0 Å². The Morgan fingerprint density at radius 2 is 1.92 bits per heavy atom. The van der Waals surface area contributed by atoms with Gasteiger partial charge in [-0.25, -0.2) is 0 Å². The standard InChI is InChI=1S/C10H18O2/c1-4-8(2)5-6-9(3)10(12)7-11/h7-9H,4-6H2,1-3H3. The smallest absolute Gasteiger partial charge is 0.197 e. The zero-order valence-electron chi connectivity index (χ0n) is 8.17. The maximum atomic E-state index is 10.8. The Morgan fingerprint density at radius 1 is 1.33 bits per heavy atom. The molecule has 0 bridgehead atoms. The molecule has 0 aliphatic carbocycles. The Morgan fingerprint density at radius 3 is 2.33 bits per heavy atom. The molecule has 12 heavy (non-hydrogen) atoms. The fourth-order valence-electron chi connectivity index (χ4n) is 0.997. The number of rotatable bonds is 6. The van der Waals surface area contributed by atoms with Gasteiger partial charge in [-0.2, -0.15) is 0 Å². The second kappa shape index (κ2) is 5.92. The van der Waals surface area contributed by atoms with Gasteiger partial charge in [0.1, 0.15) is 0 Å². The van der Waals surface area contributed by atoms with Crippen LogP contribution in [-0.4, -0.2) is 12.1 Å². The molecule has 2 nitrogen and oxygen atoms in total. The number of carbonyl (C=O) groups is 2. The van der Waals surface area contributed by atoms with Crippen molar-refractivity contribution in [3.8, 4) is 0 Å². The van der Waals surface area contributed by atoms with Crippen LogP contribution < -0.4 is 0 Å². The van der Waals surface area contributed by atoms with E-state index in [1.165, 1.54) is 0 Å². The van der Waals surface area contributed by atoms with Crippen LogP contribution in [0.15, 0.2) is 0 Å². The van der Waals surface area contributed by atoms with Gasteiger partial charge >= 0.3 is 0 Å². The summed E-state index contributed by atoms with van der Waals surface area (Å²) in [4.78, 5) is 21.0. The van der Waals surface area contributed by atoms with Crippen molar-refractivity contribution < 1.29 is 9.59 Å². The summed E-state index contributed by atoms with van der Waals surface area (Å²) < 4.78 is 0. The molecule has 2 unspecified atom stereocenters. The predicted octanol–water partition coefficient (Wildman–Crippen LogP) is 2.22. The number of aldehydes is 1. The molecule has 0 heterocycles. The van der Waals surface area contributed by atoms with Crippen LogP contribution in [0.2, 0.25) is 0 Å². The minimum atomic E-state index is -0.265. The Bertz CT molecular complexity index is 152. The van der Waals surface area contributed by atoms with Gasteiger partial charge in [0.15, 0.2) is 12.1 Å². The van der Waals surface area contributed by atoms with Crippen LogP contribution in [0.5, 0.6) is 0 Å². The van der Waals surface area contributed by atoms with E-state index >= 15 is 0 Å². The van der Waals surface area contributed by atoms with Crippen molar-refractivity contribution in [3.05, 3.63) is 0 Å². The van der Waals surface area contributed by atoms with E-state index in [0.29, 0.717) is 12.2 Å². The number of ketones is 1. The van der Waals surface area contributed by atoms with E-state index in [0.717, 1.165) is 19.3 Å². The van der Waals surface area contributed by atoms with Crippen LogP contribution >= 0.6 is 0 Å². The molecule has 0 rings (SSSR count). The maximum Gasteiger partial charge on any atom is 0.197 e. The molecular weight excluding hydrogens is 152 g/mol. The normalized spacial score (nSPS) is 15.2. The van der Waals surface area contributed by atoms with Gasteiger partial charge in [0.2, 0.25) is 0 Å². The lowest BCUT2D eigenvalue weighted by Crippen LogP contribution is -2.12. The summed E-state index contributed by atoms with van der Waals surface area (Å²) in [6, 6.07) is 0. The third kappa shape index (κ3) is 4.27. The van der Waals surface area contributed by atoms with Gasteiger partial charge in [0.05, 0.1) is 0 Å². The van der Waals surface area contributed by atoms with E-state index in [-0.39, 0.29) is 11.7 Å². The van der Waals surface area contributed by atoms with Gasteiger partial charge in [0, 0.05) is 5.92 Å². The highest BCUT2D eigenvalue weighted by atomic mass is 16.2. The number of hydrogen-bond donors (Lipinski definition) is 0. The van der Waals surface area contributed by atoms with Gasteiger partial charge in [0.25, 0.3) is 0 Å². The maximum absolute atomic E-state index is 10.8. The fourth-order valence-corrected chi connectivity index (χ4v) is 0.997. The Kier molecular flexibility index (Phi) is 5.60. The van der Waals surface area contributed by atoms with Crippen LogP contribution in [-0.2, 0) is 9.59 Å². The Hall–Kier alpha value is -0.660. The van der Waals surface area contributed by atoms with Gasteiger partial charge in [-0.1, -0.05) is 33.6 Å². The highest BCUT2D eigenvalue weighted by Crippen LogP contribution is 2.14. The minimum Gasteiger partial charge on any atom is -0.295 e. The molecule has 70 valence electrons. The topological polar surface area (TPSA) is 34.1 Å². The molecule has 2 heteroatoms. The molecule has 0 saturated carbocycles. The zero-order chi connectivity index (χ0) is 9.56. The molecule has 0 spiro atoms. The summed E-state index contributed by atoms with van der Waals surface area (Å²) in [5.74, 6) is 0.307. The summed E-state index contributed by atoms with van der Waals surface area (Å²) in [6.45, 7) is 6.12. The molecular formula is C10H18O2. The van der Waals surface area contributed by atoms with Crippen LogP contribution in [0.25, 0.3) is 0 Å². The summed E-state index contributed by atoms with van der Waals surface area (Å²) in [5, 5.41) is 0. The van der Waals surface area contributed by atoms with E-state index in [2.05, 4.69) is 13.8 Å². The average Bonchev–Trinajstić information content (AvgIpc) is 2.11. The van der Waals surface area contributed by atoms with Crippen LogP contribution in [0, 0.1) is 11.8 Å². The second-order valence-corrected chi connectivity index (χ2v) is 3.51. The molecule has 0 fully saturated rings. The predicted molar refractivity (Wildman–Crippen MR) is 48.9 cm³/mol. The van der Waals surface area contributed by atoms with Gasteiger partial charge in [-0.15, -0.1) is 0 Å². The van der Waals surface area contributed by atoms with Crippen molar-refractivity contribution >= 4 is 12.1 Å². The number of Topliss-reactive ketones (excluding diaryl/α,β-unsaturated/α-hetero) is 1. The summed E-state index contributed by atoms with van der Waals surface area (Å²) in [7, 11) is 0. The number of hydrogen-bond acceptors (Lipinski definition) is 2. The molecule has 0 aliphatic rings. The van der Waals surface area contributed by atoms with Crippen LogP contribution in [0.4, 0.5) is 0 Å². The van der Waals surface area contributed by atoms with Crippen molar-refractivity contribution in [2.24, 2.45) is 11.8 Å². The lowest BCUT2D eigenvalue weighted by atomic mass is 9.94. The largest absolute Gasteiger partial charge is 0.295 e. The first kappa shape index (κ1) is 11.3. The van der Waals surface area contributed by atoms with Crippen molar-refractivity contribution in [2.45, 2.75) is 40.0 Å². The van der Waals surface area contributed by atoms with Gasteiger partial charge < -0.3 is 0 Å². The third-order valence-corrected chi connectivity index (χ3v) is 2.39. The SMILES string of the molecule is CCC(C)CCC(C)C(=O)C=O. The Balaban J connectivity index is 3.63. The summed E-state index contributed by atoms with van der Waals surface area (Å²) in [5.41, 5.74) is 0. The fraction of sp³-hybridized carbons (Fsp3) is 0.800. The van der Waals surface area contributed by atoms with Gasteiger partial charge in [-0.3, -0.25) is 9.59 Å². The molecule has 0 aliphatic heterocycles. The van der Waals surface area contributed by atoms with Crippen molar-refractivity contribution in [1.29, 1.82) is 0 Å². The molecule has 0 radical (unpaired) electrons. The molecule has 0 N–H and O–H groups in total. The minimum absolute atomic E-state index is 0.0866. The summed E-state index contributed by atoms with van der Waals surface area (Å²) >= 11 is 0. The van der Waals surface area contributed by atoms with Crippen molar-refractivity contribution in [3.63, 3.8) is 0 Å². The second-order valence-electron chi connectivity index (χ2n) is 3.51. The molecule has 2 atom stereocenters. The molecule has 0 amide bonds. The zero-order valence-corrected chi connectivity index (χ0v) is 8.17. The molecule has 0 saturated heterocycles. The monoisotopic (exact) mass is 170 g/mol. The molecule has 0 aromatic heterocycles. The van der Waals surface area contributed by atoms with Crippen molar-refractivity contribution in [1.82, 2.24) is 0 Å². The molecule has 0 aromatic carbocycles. The van der Waals surface area contributed by atoms with E-state index in [4.69, 9.17) is 0 Å². The molecule has 0 aromatic rings. The van der Waals surface area contributed by atoms with E-state index in [1.807, 2.05) is 6.92 Å². The first-order valence-corrected chi connectivity index (χ1v) is 4.60. The highest BCUT2D eigenvalue weighted by Gasteiger charge is 2.12. The van der Waals surface area contributed by atoms with Crippen LogP contribution in [0.3, 0.4) is 0 Å².